The van der Waals surface area contributed by atoms with Crippen LogP contribution in [0.15, 0.2) is 0 Å². The molecular weight excluding hydrogens is 256 g/mol. The fourth-order valence-corrected chi connectivity index (χ4v) is 1.48. The minimum atomic E-state index is 0.596. The SMILES string of the molecule is CCCNc1nc(NCCCOCC)nc(N(C)C)n1. The van der Waals surface area contributed by atoms with Gasteiger partial charge in [0, 0.05) is 40.4 Å². The van der Waals surface area contributed by atoms with Gasteiger partial charge in [0.1, 0.15) is 0 Å². The van der Waals surface area contributed by atoms with Crippen LogP contribution in [0.4, 0.5) is 17.8 Å². The molecule has 0 fully saturated rings. The first kappa shape index (κ1) is 16.4. The van der Waals surface area contributed by atoms with Gasteiger partial charge >= 0.3 is 0 Å². The van der Waals surface area contributed by atoms with Crippen molar-refractivity contribution in [3.8, 4) is 0 Å². The van der Waals surface area contributed by atoms with E-state index < -0.39 is 0 Å². The number of anilines is 3. The molecule has 0 saturated carbocycles. The Labute approximate surface area is 121 Å². The molecule has 7 nitrogen and oxygen atoms in total. The monoisotopic (exact) mass is 282 g/mol. The molecule has 0 amide bonds. The summed E-state index contributed by atoms with van der Waals surface area (Å²) in [5.41, 5.74) is 0. The number of aromatic nitrogens is 3. The van der Waals surface area contributed by atoms with Gasteiger partial charge in [-0.3, -0.25) is 0 Å². The molecule has 0 aliphatic heterocycles. The van der Waals surface area contributed by atoms with Crippen molar-refractivity contribution in [1.29, 1.82) is 0 Å². The molecule has 0 aromatic carbocycles. The van der Waals surface area contributed by atoms with E-state index in [9.17, 15) is 0 Å². The zero-order valence-corrected chi connectivity index (χ0v) is 12.9. The largest absolute Gasteiger partial charge is 0.382 e. The Bertz CT molecular complexity index is 385. The van der Waals surface area contributed by atoms with Crippen LogP contribution in [-0.4, -0.2) is 55.4 Å². The van der Waals surface area contributed by atoms with Crippen molar-refractivity contribution in [3.05, 3.63) is 0 Å². The summed E-state index contributed by atoms with van der Waals surface area (Å²) in [6, 6.07) is 0. The number of rotatable bonds is 10. The maximum atomic E-state index is 5.30. The van der Waals surface area contributed by atoms with E-state index in [0.717, 1.165) is 39.1 Å². The standard InChI is InChI=1S/C13H26N6O/c1-5-8-14-11-16-12(15-9-7-10-20-6-2)18-13(17-11)19(3)4/h5-10H2,1-4H3,(H2,14,15,16,17,18). The van der Waals surface area contributed by atoms with Gasteiger partial charge in [0.25, 0.3) is 0 Å². The van der Waals surface area contributed by atoms with E-state index in [1.807, 2.05) is 25.9 Å². The van der Waals surface area contributed by atoms with E-state index in [4.69, 9.17) is 4.74 Å². The van der Waals surface area contributed by atoms with Crippen LogP contribution in [0.2, 0.25) is 0 Å². The lowest BCUT2D eigenvalue weighted by Crippen LogP contribution is -2.18. The van der Waals surface area contributed by atoms with Crippen LogP contribution in [0, 0.1) is 0 Å². The molecule has 0 spiro atoms. The van der Waals surface area contributed by atoms with Crippen molar-refractivity contribution >= 4 is 17.8 Å². The minimum absolute atomic E-state index is 0.596. The van der Waals surface area contributed by atoms with Crippen molar-refractivity contribution in [1.82, 2.24) is 15.0 Å². The molecule has 2 N–H and O–H groups in total. The van der Waals surface area contributed by atoms with Crippen LogP contribution in [0.25, 0.3) is 0 Å². The van der Waals surface area contributed by atoms with Crippen LogP contribution < -0.4 is 15.5 Å². The van der Waals surface area contributed by atoms with Crippen LogP contribution in [0.3, 0.4) is 0 Å². The summed E-state index contributed by atoms with van der Waals surface area (Å²) in [7, 11) is 3.83. The van der Waals surface area contributed by atoms with E-state index >= 15 is 0 Å². The molecule has 20 heavy (non-hydrogen) atoms. The first-order valence-electron chi connectivity index (χ1n) is 7.16. The van der Waals surface area contributed by atoms with E-state index in [1.54, 1.807) is 0 Å². The Morgan fingerprint density at radius 2 is 1.65 bits per heavy atom. The molecular formula is C13H26N6O. The van der Waals surface area contributed by atoms with E-state index in [-0.39, 0.29) is 0 Å². The lowest BCUT2D eigenvalue weighted by atomic mass is 10.4. The highest BCUT2D eigenvalue weighted by molar-refractivity contribution is 5.42. The third kappa shape index (κ3) is 6.01. The molecule has 1 rings (SSSR count). The van der Waals surface area contributed by atoms with Gasteiger partial charge in [-0.15, -0.1) is 0 Å². The van der Waals surface area contributed by atoms with Crippen LogP contribution in [0.5, 0.6) is 0 Å². The zero-order valence-electron chi connectivity index (χ0n) is 12.9. The normalized spacial score (nSPS) is 10.4. The summed E-state index contributed by atoms with van der Waals surface area (Å²) in [6.45, 7) is 7.23. The Morgan fingerprint density at radius 1 is 1.00 bits per heavy atom. The third-order valence-electron chi connectivity index (χ3n) is 2.51. The van der Waals surface area contributed by atoms with Gasteiger partial charge in [-0.1, -0.05) is 6.92 Å². The first-order chi connectivity index (χ1) is 9.67. The minimum Gasteiger partial charge on any atom is -0.382 e. The van der Waals surface area contributed by atoms with Crippen molar-refractivity contribution in [2.24, 2.45) is 0 Å². The van der Waals surface area contributed by atoms with Gasteiger partial charge in [0.05, 0.1) is 0 Å². The van der Waals surface area contributed by atoms with Gasteiger partial charge in [-0.25, -0.2) is 0 Å². The highest BCUT2D eigenvalue weighted by atomic mass is 16.5. The number of nitrogens with zero attached hydrogens (tertiary/aromatic N) is 4. The molecule has 0 aliphatic rings. The molecule has 0 radical (unpaired) electrons. The fourth-order valence-electron chi connectivity index (χ4n) is 1.48. The molecule has 0 atom stereocenters. The molecule has 1 aromatic rings. The quantitative estimate of drug-likeness (QED) is 0.631. The Morgan fingerprint density at radius 3 is 2.20 bits per heavy atom. The summed E-state index contributed by atoms with van der Waals surface area (Å²) in [5.74, 6) is 1.85. The lowest BCUT2D eigenvalue weighted by molar-refractivity contribution is 0.147. The Hall–Kier alpha value is -1.63. The number of hydrogen-bond acceptors (Lipinski definition) is 7. The smallest absolute Gasteiger partial charge is 0.231 e. The molecule has 0 saturated heterocycles. The van der Waals surface area contributed by atoms with Crippen LogP contribution >= 0.6 is 0 Å². The first-order valence-corrected chi connectivity index (χ1v) is 7.16. The number of ether oxygens (including phenoxy) is 1. The maximum absolute atomic E-state index is 5.30. The number of nitrogens with one attached hydrogen (secondary N) is 2. The van der Waals surface area contributed by atoms with Crippen LogP contribution in [-0.2, 0) is 4.74 Å². The highest BCUT2D eigenvalue weighted by Gasteiger charge is 2.07. The second-order valence-corrected chi connectivity index (χ2v) is 4.58. The predicted molar refractivity (Wildman–Crippen MR) is 82.5 cm³/mol. The summed E-state index contributed by atoms with van der Waals surface area (Å²) in [4.78, 5) is 15.0. The molecule has 7 heteroatoms. The zero-order chi connectivity index (χ0) is 14.8. The molecule has 0 bridgehead atoms. The summed E-state index contributed by atoms with van der Waals surface area (Å²) in [5, 5.41) is 6.39. The van der Waals surface area contributed by atoms with E-state index in [1.165, 1.54) is 0 Å². The Balaban J connectivity index is 2.60. The average Bonchev–Trinajstić information content (AvgIpc) is 2.44. The molecule has 0 unspecified atom stereocenters. The van der Waals surface area contributed by atoms with Crippen molar-refractivity contribution in [2.45, 2.75) is 26.7 Å². The second-order valence-electron chi connectivity index (χ2n) is 4.58. The topological polar surface area (TPSA) is 75.2 Å². The predicted octanol–water partition coefficient (Wildman–Crippen LogP) is 1.60. The summed E-state index contributed by atoms with van der Waals surface area (Å²) >= 11 is 0. The summed E-state index contributed by atoms with van der Waals surface area (Å²) < 4.78 is 5.30. The molecule has 1 heterocycles. The van der Waals surface area contributed by atoms with Gasteiger partial charge < -0.3 is 20.3 Å². The van der Waals surface area contributed by atoms with Gasteiger partial charge in [0.2, 0.25) is 17.8 Å². The Kier molecular flexibility index (Phi) is 7.64. The van der Waals surface area contributed by atoms with Crippen molar-refractivity contribution in [2.75, 3.05) is 55.9 Å². The molecule has 1 aromatic heterocycles. The second kappa shape index (κ2) is 9.30. The maximum Gasteiger partial charge on any atom is 0.231 e. The lowest BCUT2D eigenvalue weighted by Gasteiger charge is -2.14. The molecule has 0 aliphatic carbocycles. The average molecular weight is 282 g/mol. The van der Waals surface area contributed by atoms with Gasteiger partial charge in [0.15, 0.2) is 0 Å². The fraction of sp³-hybridized carbons (Fsp3) is 0.769. The van der Waals surface area contributed by atoms with Crippen molar-refractivity contribution < 1.29 is 4.74 Å². The van der Waals surface area contributed by atoms with Crippen molar-refractivity contribution in [3.63, 3.8) is 0 Å². The highest BCUT2D eigenvalue weighted by Crippen LogP contribution is 2.11. The van der Waals surface area contributed by atoms with E-state index in [2.05, 4.69) is 32.5 Å². The summed E-state index contributed by atoms with van der Waals surface area (Å²) in [6.07, 6.45) is 1.95. The third-order valence-corrected chi connectivity index (χ3v) is 2.51. The molecule has 114 valence electrons. The van der Waals surface area contributed by atoms with E-state index in [0.29, 0.717) is 17.8 Å². The van der Waals surface area contributed by atoms with Crippen LogP contribution in [0.1, 0.15) is 26.7 Å². The van der Waals surface area contributed by atoms with Gasteiger partial charge in [-0.05, 0) is 19.8 Å². The van der Waals surface area contributed by atoms with Gasteiger partial charge in [-0.2, -0.15) is 15.0 Å². The number of hydrogen-bond donors (Lipinski definition) is 2.